The first-order valence-electron chi connectivity index (χ1n) is 8.56. The maximum Gasteiger partial charge on any atom is 0.410 e. The van der Waals surface area contributed by atoms with Gasteiger partial charge in [0.2, 0.25) is 0 Å². The quantitative estimate of drug-likeness (QED) is 0.888. The third-order valence-corrected chi connectivity index (χ3v) is 6.04. The second-order valence-electron chi connectivity index (χ2n) is 6.53. The molecule has 1 heterocycles. The summed E-state index contributed by atoms with van der Waals surface area (Å²) < 4.78 is 5.62. The molecule has 0 saturated carbocycles. The van der Waals surface area contributed by atoms with Crippen LogP contribution in [-0.4, -0.2) is 46.3 Å². The van der Waals surface area contributed by atoms with E-state index in [9.17, 15) is 9.59 Å². The number of aliphatic carboxylic acids is 1. The number of rotatable bonds is 4. The van der Waals surface area contributed by atoms with Crippen molar-refractivity contribution in [3.8, 4) is 11.1 Å². The third-order valence-electron chi connectivity index (χ3n) is 4.96. The smallest absolute Gasteiger partial charge is 0.410 e. The molecule has 1 saturated heterocycles. The molecule has 6 heteroatoms. The van der Waals surface area contributed by atoms with Crippen molar-refractivity contribution < 1.29 is 19.4 Å². The Bertz CT molecular complexity index is 808. The van der Waals surface area contributed by atoms with Gasteiger partial charge in [-0.05, 0) is 22.3 Å². The lowest BCUT2D eigenvalue weighted by molar-refractivity contribution is -0.137. The largest absolute Gasteiger partial charge is 0.481 e. The van der Waals surface area contributed by atoms with E-state index in [2.05, 4.69) is 24.3 Å². The number of benzene rings is 2. The van der Waals surface area contributed by atoms with E-state index in [1.165, 1.54) is 27.2 Å². The van der Waals surface area contributed by atoms with Crippen LogP contribution in [-0.2, 0) is 9.53 Å². The molecule has 1 aliphatic carbocycles. The summed E-state index contributed by atoms with van der Waals surface area (Å²) in [7, 11) is 0. The lowest BCUT2D eigenvalue weighted by atomic mass is 9.98. The van der Waals surface area contributed by atoms with Gasteiger partial charge in [0.25, 0.3) is 0 Å². The molecule has 134 valence electrons. The normalized spacial score (nSPS) is 18.5. The van der Waals surface area contributed by atoms with E-state index in [-0.39, 0.29) is 25.0 Å². The van der Waals surface area contributed by atoms with Gasteiger partial charge in [0.15, 0.2) is 0 Å². The van der Waals surface area contributed by atoms with Gasteiger partial charge in [-0.3, -0.25) is 9.69 Å². The molecule has 1 atom stereocenters. The molecule has 5 nitrogen and oxygen atoms in total. The van der Waals surface area contributed by atoms with E-state index in [1.54, 1.807) is 11.8 Å². The number of hydrogen-bond acceptors (Lipinski definition) is 4. The first-order chi connectivity index (χ1) is 12.6. The lowest BCUT2D eigenvalue weighted by Gasteiger charge is -2.23. The highest BCUT2D eigenvalue weighted by molar-refractivity contribution is 7.99. The summed E-state index contributed by atoms with van der Waals surface area (Å²) in [5, 5.41) is 9.01. The van der Waals surface area contributed by atoms with Crippen molar-refractivity contribution in [2.75, 3.05) is 18.2 Å². The van der Waals surface area contributed by atoms with Gasteiger partial charge in [0.1, 0.15) is 6.61 Å². The topological polar surface area (TPSA) is 66.8 Å². The summed E-state index contributed by atoms with van der Waals surface area (Å²) in [6, 6.07) is 16.1. The number of carboxylic acid groups (broad SMARTS) is 1. The molecular weight excluding hydrogens is 350 g/mol. The zero-order valence-corrected chi connectivity index (χ0v) is 14.9. The minimum atomic E-state index is -0.894. The van der Waals surface area contributed by atoms with Gasteiger partial charge in [0.05, 0.1) is 18.3 Å². The van der Waals surface area contributed by atoms with Crippen LogP contribution in [0.15, 0.2) is 48.5 Å². The van der Waals surface area contributed by atoms with Crippen LogP contribution in [0.4, 0.5) is 4.79 Å². The zero-order valence-electron chi connectivity index (χ0n) is 14.1. The molecule has 0 radical (unpaired) electrons. The van der Waals surface area contributed by atoms with Crippen molar-refractivity contribution in [2.45, 2.75) is 18.4 Å². The molecular formula is C20H19NO4S. The first kappa shape index (κ1) is 17.0. The maximum atomic E-state index is 12.5. The maximum absolute atomic E-state index is 12.5. The Labute approximate surface area is 156 Å². The summed E-state index contributed by atoms with van der Waals surface area (Å²) in [4.78, 5) is 25.0. The molecule has 4 rings (SSSR count). The van der Waals surface area contributed by atoms with Crippen LogP contribution >= 0.6 is 11.8 Å². The first-order valence-corrected chi connectivity index (χ1v) is 9.72. The van der Waals surface area contributed by atoms with Crippen LogP contribution in [0.1, 0.15) is 23.5 Å². The Morgan fingerprint density at radius 2 is 1.69 bits per heavy atom. The minimum Gasteiger partial charge on any atom is -0.481 e. The fourth-order valence-corrected chi connectivity index (χ4v) is 4.92. The highest BCUT2D eigenvalue weighted by Gasteiger charge is 2.34. The Morgan fingerprint density at radius 3 is 2.31 bits per heavy atom. The van der Waals surface area contributed by atoms with E-state index >= 15 is 0 Å². The number of carboxylic acids is 1. The van der Waals surface area contributed by atoms with Gasteiger partial charge in [-0.2, -0.15) is 0 Å². The van der Waals surface area contributed by atoms with Crippen LogP contribution < -0.4 is 0 Å². The molecule has 2 aromatic rings. The Morgan fingerprint density at radius 1 is 1.08 bits per heavy atom. The van der Waals surface area contributed by atoms with Crippen LogP contribution in [0.25, 0.3) is 11.1 Å². The van der Waals surface area contributed by atoms with E-state index in [0.717, 1.165) is 0 Å². The standard InChI is InChI=1S/C20H19NO4S/c22-19(23)9-13-11-26-12-21(13)20(24)25-10-18-16-7-3-1-5-14(16)15-6-2-4-8-17(15)18/h1-8,13,18H,9-12H2,(H,22,23). The van der Waals surface area contributed by atoms with E-state index < -0.39 is 12.1 Å². The van der Waals surface area contributed by atoms with Gasteiger partial charge in [-0.1, -0.05) is 48.5 Å². The van der Waals surface area contributed by atoms with Crippen molar-refractivity contribution in [3.05, 3.63) is 59.7 Å². The molecule has 0 bridgehead atoms. The molecule has 26 heavy (non-hydrogen) atoms. The van der Waals surface area contributed by atoms with Crippen LogP contribution in [0.2, 0.25) is 0 Å². The Hall–Kier alpha value is -2.47. The molecule has 0 aromatic heterocycles. The highest BCUT2D eigenvalue weighted by atomic mass is 32.2. The van der Waals surface area contributed by atoms with Crippen molar-refractivity contribution in [2.24, 2.45) is 0 Å². The zero-order chi connectivity index (χ0) is 18.1. The number of fused-ring (bicyclic) bond motifs is 3. The predicted octanol–water partition coefficient (Wildman–Crippen LogP) is 3.79. The van der Waals surface area contributed by atoms with Crippen molar-refractivity contribution in [3.63, 3.8) is 0 Å². The lowest BCUT2D eigenvalue weighted by Crippen LogP contribution is -2.38. The van der Waals surface area contributed by atoms with Gasteiger partial charge >= 0.3 is 12.1 Å². The highest BCUT2D eigenvalue weighted by Crippen LogP contribution is 2.44. The average Bonchev–Trinajstić information content (AvgIpc) is 3.22. The molecule has 2 aliphatic rings. The number of ether oxygens (including phenoxy) is 1. The molecule has 0 spiro atoms. The molecule has 1 fully saturated rings. The van der Waals surface area contributed by atoms with Gasteiger partial charge in [0, 0.05) is 11.7 Å². The van der Waals surface area contributed by atoms with Gasteiger partial charge < -0.3 is 9.84 Å². The summed E-state index contributed by atoms with van der Waals surface area (Å²) >= 11 is 1.56. The SMILES string of the molecule is O=C(O)CC1CSCN1C(=O)OCC1c2ccccc2-c2ccccc21. The summed E-state index contributed by atoms with van der Waals surface area (Å²) in [6.45, 7) is 0.258. The minimum absolute atomic E-state index is 0.0135. The van der Waals surface area contributed by atoms with Crippen LogP contribution in [0, 0.1) is 0 Å². The molecule has 1 unspecified atom stereocenters. The average molecular weight is 369 g/mol. The van der Waals surface area contributed by atoms with Gasteiger partial charge in [-0.15, -0.1) is 11.8 Å². The van der Waals surface area contributed by atoms with Crippen molar-refractivity contribution >= 4 is 23.8 Å². The number of amides is 1. The second-order valence-corrected chi connectivity index (χ2v) is 7.53. The number of thioether (sulfide) groups is 1. The van der Waals surface area contributed by atoms with Crippen LogP contribution in [0.3, 0.4) is 0 Å². The van der Waals surface area contributed by atoms with E-state index in [0.29, 0.717) is 11.6 Å². The fourth-order valence-electron chi connectivity index (χ4n) is 3.73. The Balaban J connectivity index is 1.50. The fraction of sp³-hybridized carbons (Fsp3) is 0.300. The summed E-state index contributed by atoms with van der Waals surface area (Å²) in [5.41, 5.74) is 4.70. The number of hydrogen-bond donors (Lipinski definition) is 1. The number of carbonyl (C=O) groups is 2. The second kappa shape index (κ2) is 7.03. The van der Waals surface area contributed by atoms with Crippen molar-refractivity contribution in [1.29, 1.82) is 0 Å². The molecule has 1 N–H and O–H groups in total. The molecule has 1 amide bonds. The van der Waals surface area contributed by atoms with E-state index in [1.807, 2.05) is 24.3 Å². The monoisotopic (exact) mass is 369 g/mol. The number of nitrogens with zero attached hydrogens (tertiary/aromatic N) is 1. The van der Waals surface area contributed by atoms with Crippen LogP contribution in [0.5, 0.6) is 0 Å². The number of carbonyl (C=O) groups excluding carboxylic acids is 1. The molecule has 2 aromatic carbocycles. The van der Waals surface area contributed by atoms with Gasteiger partial charge in [-0.25, -0.2) is 4.79 Å². The molecule has 1 aliphatic heterocycles. The third kappa shape index (κ3) is 3.05. The summed E-state index contributed by atoms with van der Waals surface area (Å²) in [6.07, 6.45) is -0.472. The van der Waals surface area contributed by atoms with E-state index in [4.69, 9.17) is 9.84 Å². The predicted molar refractivity (Wildman–Crippen MR) is 100 cm³/mol. The van der Waals surface area contributed by atoms with Crippen molar-refractivity contribution in [1.82, 2.24) is 4.90 Å². The Kier molecular flexibility index (Phi) is 4.59. The summed E-state index contributed by atoms with van der Waals surface area (Å²) in [5.74, 6) is 0.235.